The van der Waals surface area contributed by atoms with Gasteiger partial charge in [-0.25, -0.2) is 0 Å². The van der Waals surface area contributed by atoms with Gasteiger partial charge in [0.2, 0.25) is 0 Å². The Balaban J connectivity index is 2.67. The van der Waals surface area contributed by atoms with Gasteiger partial charge in [0.15, 0.2) is 0 Å². The van der Waals surface area contributed by atoms with Crippen LogP contribution < -0.4 is 10.5 Å². The predicted octanol–water partition coefficient (Wildman–Crippen LogP) is 3.57. The Bertz CT molecular complexity index is 452. The van der Waals surface area contributed by atoms with E-state index in [0.717, 1.165) is 16.7 Å². The van der Waals surface area contributed by atoms with Crippen LogP contribution in [0.4, 0.5) is 13.2 Å². The summed E-state index contributed by atoms with van der Waals surface area (Å²) in [7, 11) is 0. The van der Waals surface area contributed by atoms with E-state index in [1.165, 1.54) is 0 Å². The summed E-state index contributed by atoms with van der Waals surface area (Å²) in [6.45, 7) is 3.61. The number of hydrogen-bond donors (Lipinski definition) is 1. The van der Waals surface area contributed by atoms with Crippen molar-refractivity contribution in [1.82, 2.24) is 0 Å². The number of nitrogens with two attached hydrogens (primary N) is 1. The molecule has 0 atom stereocenters. The molecule has 0 saturated carbocycles. The first-order valence-corrected chi connectivity index (χ1v) is 6.84. The molecule has 0 heterocycles. The number of alkyl halides is 3. The van der Waals surface area contributed by atoms with E-state index < -0.39 is 5.51 Å². The Morgan fingerprint density at radius 1 is 1.32 bits per heavy atom. The van der Waals surface area contributed by atoms with Crippen LogP contribution in [0, 0.1) is 13.8 Å². The zero-order valence-electron chi connectivity index (χ0n) is 10.5. The van der Waals surface area contributed by atoms with E-state index in [1.807, 2.05) is 0 Å². The molecule has 0 aliphatic heterocycles. The third-order valence-electron chi connectivity index (χ3n) is 2.34. The van der Waals surface area contributed by atoms with Gasteiger partial charge in [0.25, 0.3) is 0 Å². The van der Waals surface area contributed by atoms with E-state index >= 15 is 0 Å². The van der Waals surface area contributed by atoms with Crippen molar-refractivity contribution in [2.75, 3.05) is 12.4 Å². The lowest BCUT2D eigenvalue weighted by Gasteiger charge is -2.14. The van der Waals surface area contributed by atoms with Crippen molar-refractivity contribution in [2.24, 2.45) is 5.73 Å². The highest BCUT2D eigenvalue weighted by Gasteiger charge is 2.27. The van der Waals surface area contributed by atoms with Crippen molar-refractivity contribution in [3.05, 3.63) is 28.8 Å². The van der Waals surface area contributed by atoms with E-state index in [0.29, 0.717) is 5.75 Å². The molecule has 0 unspecified atom stereocenters. The van der Waals surface area contributed by atoms with Gasteiger partial charge in [0.1, 0.15) is 10.7 Å². The highest BCUT2D eigenvalue weighted by atomic mass is 32.2. The fraction of sp³-hybridized carbons (Fsp3) is 0.417. The molecule has 0 fully saturated rings. The Labute approximate surface area is 119 Å². The highest BCUT2D eigenvalue weighted by molar-refractivity contribution is 8.00. The molecule has 1 aromatic rings. The Hall–Kier alpha value is -0.950. The summed E-state index contributed by atoms with van der Waals surface area (Å²) < 4.78 is 41.3. The van der Waals surface area contributed by atoms with Gasteiger partial charge in [-0.05, 0) is 48.9 Å². The summed E-state index contributed by atoms with van der Waals surface area (Å²) in [5, 5.41) is 0. The van der Waals surface area contributed by atoms with Crippen LogP contribution in [0.25, 0.3) is 0 Å². The Morgan fingerprint density at radius 2 is 1.84 bits per heavy atom. The molecular weight excluding hydrogens is 295 g/mol. The van der Waals surface area contributed by atoms with Crippen molar-refractivity contribution in [2.45, 2.75) is 19.4 Å². The first-order chi connectivity index (χ1) is 8.70. The summed E-state index contributed by atoms with van der Waals surface area (Å²) >= 11 is 4.79. The lowest BCUT2D eigenvalue weighted by atomic mass is 10.1. The maximum absolute atomic E-state index is 12.0. The normalized spacial score (nSPS) is 11.4. The minimum atomic E-state index is -4.22. The summed E-state index contributed by atoms with van der Waals surface area (Å²) in [4.78, 5) is 0.283. The van der Waals surface area contributed by atoms with Crippen molar-refractivity contribution < 1.29 is 17.9 Å². The van der Waals surface area contributed by atoms with Crippen molar-refractivity contribution in [3.8, 4) is 5.75 Å². The van der Waals surface area contributed by atoms with E-state index in [-0.39, 0.29) is 29.1 Å². The van der Waals surface area contributed by atoms with Gasteiger partial charge in [-0.15, -0.1) is 0 Å². The number of aryl methyl sites for hydroxylation is 2. The molecule has 1 aromatic carbocycles. The smallest absolute Gasteiger partial charge is 0.441 e. The largest absolute Gasteiger partial charge is 0.492 e. The maximum Gasteiger partial charge on any atom is 0.441 e. The van der Waals surface area contributed by atoms with Gasteiger partial charge in [-0.1, -0.05) is 12.2 Å². The third kappa shape index (κ3) is 5.28. The molecule has 0 amide bonds. The summed E-state index contributed by atoms with van der Waals surface area (Å²) in [5.74, 6) is 0.446. The van der Waals surface area contributed by atoms with Crippen LogP contribution in [0.3, 0.4) is 0 Å². The van der Waals surface area contributed by atoms with Gasteiger partial charge in [-0.2, -0.15) is 13.2 Å². The van der Waals surface area contributed by atoms with Crippen LogP contribution >= 0.6 is 24.0 Å². The maximum atomic E-state index is 12.0. The molecule has 0 spiro atoms. The summed E-state index contributed by atoms with van der Waals surface area (Å²) in [6, 6.07) is 3.53. The lowest BCUT2D eigenvalue weighted by molar-refractivity contribution is -0.0329. The Morgan fingerprint density at radius 3 is 2.26 bits per heavy atom. The molecule has 0 aliphatic carbocycles. The molecule has 0 aliphatic rings. The topological polar surface area (TPSA) is 35.2 Å². The van der Waals surface area contributed by atoms with Crippen molar-refractivity contribution in [3.63, 3.8) is 0 Å². The standard InChI is InChI=1S/C12H14F3NOS2/c1-7-5-9(11(16)18)6-8(2)10(7)17-3-4-19-12(13,14)15/h5-6H,3-4H2,1-2H3,(H2,16,18). The van der Waals surface area contributed by atoms with Crippen LogP contribution in [-0.2, 0) is 0 Å². The van der Waals surface area contributed by atoms with Crippen LogP contribution in [0.15, 0.2) is 12.1 Å². The molecule has 106 valence electrons. The zero-order valence-corrected chi connectivity index (χ0v) is 12.1. The van der Waals surface area contributed by atoms with Gasteiger partial charge in [0, 0.05) is 11.3 Å². The van der Waals surface area contributed by atoms with Gasteiger partial charge in [0.05, 0.1) is 6.61 Å². The second kappa shape index (κ2) is 6.47. The fourth-order valence-corrected chi connectivity index (χ4v) is 2.14. The summed E-state index contributed by atoms with van der Waals surface area (Å²) in [5.41, 5.74) is 3.65. The van der Waals surface area contributed by atoms with Crippen LogP contribution in [0.5, 0.6) is 5.75 Å². The molecule has 0 radical (unpaired) electrons. The minimum absolute atomic E-state index is 0.00171. The van der Waals surface area contributed by atoms with Crippen molar-refractivity contribution in [1.29, 1.82) is 0 Å². The fourth-order valence-electron chi connectivity index (χ4n) is 1.62. The quantitative estimate of drug-likeness (QED) is 0.666. The molecule has 0 bridgehead atoms. The number of thioether (sulfide) groups is 1. The van der Waals surface area contributed by atoms with Crippen LogP contribution in [0.2, 0.25) is 0 Å². The predicted molar refractivity (Wildman–Crippen MR) is 75.8 cm³/mol. The van der Waals surface area contributed by atoms with Gasteiger partial charge in [-0.3, -0.25) is 0 Å². The van der Waals surface area contributed by atoms with E-state index in [4.69, 9.17) is 22.7 Å². The first kappa shape index (κ1) is 16.1. The molecule has 2 nitrogen and oxygen atoms in total. The monoisotopic (exact) mass is 309 g/mol. The van der Waals surface area contributed by atoms with Crippen molar-refractivity contribution >= 4 is 29.0 Å². The molecule has 0 saturated heterocycles. The molecule has 0 aromatic heterocycles. The number of halogens is 3. The average Bonchev–Trinajstić information content (AvgIpc) is 2.25. The Kier molecular flexibility index (Phi) is 5.49. The number of rotatable bonds is 5. The van der Waals surface area contributed by atoms with Crippen LogP contribution in [-0.4, -0.2) is 22.9 Å². The number of ether oxygens (including phenoxy) is 1. The second-order valence-electron chi connectivity index (χ2n) is 3.95. The second-order valence-corrected chi connectivity index (χ2v) is 5.55. The molecule has 1 rings (SSSR count). The summed E-state index contributed by atoms with van der Waals surface area (Å²) in [6.07, 6.45) is 0. The highest BCUT2D eigenvalue weighted by Crippen LogP contribution is 2.30. The minimum Gasteiger partial charge on any atom is -0.492 e. The number of hydrogen-bond acceptors (Lipinski definition) is 3. The zero-order chi connectivity index (χ0) is 14.6. The number of benzene rings is 1. The molecule has 2 N–H and O–H groups in total. The van der Waals surface area contributed by atoms with Crippen LogP contribution in [0.1, 0.15) is 16.7 Å². The lowest BCUT2D eigenvalue weighted by Crippen LogP contribution is -2.12. The molecule has 19 heavy (non-hydrogen) atoms. The number of thiocarbonyl (C=S) groups is 1. The first-order valence-electron chi connectivity index (χ1n) is 5.45. The molecule has 7 heteroatoms. The average molecular weight is 309 g/mol. The van der Waals surface area contributed by atoms with Gasteiger partial charge >= 0.3 is 5.51 Å². The third-order valence-corrected chi connectivity index (χ3v) is 3.27. The SMILES string of the molecule is Cc1cc(C(N)=S)cc(C)c1OCCSC(F)(F)F. The van der Waals surface area contributed by atoms with Gasteiger partial charge < -0.3 is 10.5 Å². The molecular formula is C12H14F3NOS2. The van der Waals surface area contributed by atoms with E-state index in [1.54, 1.807) is 26.0 Å². The van der Waals surface area contributed by atoms with E-state index in [2.05, 4.69) is 0 Å². The van der Waals surface area contributed by atoms with E-state index in [9.17, 15) is 13.2 Å².